The van der Waals surface area contributed by atoms with E-state index in [-0.39, 0.29) is 5.56 Å². The highest BCUT2D eigenvalue weighted by molar-refractivity contribution is 5.88. The van der Waals surface area contributed by atoms with Gasteiger partial charge in [0, 0.05) is 24.8 Å². The summed E-state index contributed by atoms with van der Waals surface area (Å²) in [6, 6.07) is 13.1. The maximum absolute atomic E-state index is 11.1. The Hall–Kier alpha value is -2.49. The number of ether oxygens (including phenoxy) is 1. The number of carboxylic acid groups (broad SMARTS) is 1. The molecule has 2 aromatic rings. The number of aromatic carboxylic acids is 1. The van der Waals surface area contributed by atoms with Crippen molar-refractivity contribution in [2.24, 2.45) is 0 Å². The molecule has 1 N–H and O–H groups in total. The Labute approximate surface area is 124 Å². The van der Waals surface area contributed by atoms with Gasteiger partial charge in [0.25, 0.3) is 0 Å². The molecule has 2 rings (SSSR count). The molecule has 0 saturated heterocycles. The topological polar surface area (TPSA) is 49.8 Å². The van der Waals surface area contributed by atoms with Crippen LogP contribution < -0.4 is 9.64 Å². The number of carbonyl (C=O) groups is 1. The van der Waals surface area contributed by atoms with E-state index in [2.05, 4.69) is 11.0 Å². The smallest absolute Gasteiger partial charge is 0.335 e. The molecule has 110 valence electrons. The average Bonchev–Trinajstić information content (AvgIpc) is 2.47. The minimum atomic E-state index is -0.933. The molecule has 4 heteroatoms. The molecular weight excluding hydrogens is 266 g/mol. The van der Waals surface area contributed by atoms with E-state index in [4.69, 9.17) is 9.84 Å². The van der Waals surface area contributed by atoms with Crippen LogP contribution in [0, 0.1) is 6.92 Å². The molecule has 0 aliphatic rings. The monoisotopic (exact) mass is 285 g/mol. The predicted molar refractivity (Wildman–Crippen MR) is 83.2 cm³/mol. The van der Waals surface area contributed by atoms with Crippen molar-refractivity contribution in [2.75, 3.05) is 19.1 Å². The summed E-state index contributed by atoms with van der Waals surface area (Å²) in [5, 5.41) is 9.11. The van der Waals surface area contributed by atoms with E-state index in [1.54, 1.807) is 25.3 Å². The molecule has 0 radical (unpaired) electrons. The number of carboxylic acids is 1. The largest absolute Gasteiger partial charge is 0.496 e. The second-order valence-corrected chi connectivity index (χ2v) is 5.03. The van der Waals surface area contributed by atoms with E-state index in [1.165, 1.54) is 5.56 Å². The van der Waals surface area contributed by atoms with Gasteiger partial charge in [-0.1, -0.05) is 12.1 Å². The second-order valence-electron chi connectivity index (χ2n) is 5.03. The fourth-order valence-corrected chi connectivity index (χ4v) is 2.25. The first-order chi connectivity index (χ1) is 10.0. The molecule has 4 nitrogen and oxygen atoms in total. The van der Waals surface area contributed by atoms with Crippen LogP contribution in [-0.4, -0.2) is 25.2 Å². The van der Waals surface area contributed by atoms with Crippen LogP contribution >= 0.6 is 0 Å². The lowest BCUT2D eigenvalue weighted by Gasteiger charge is -2.21. The van der Waals surface area contributed by atoms with Crippen LogP contribution in [0.25, 0.3) is 0 Å². The van der Waals surface area contributed by atoms with Gasteiger partial charge in [-0.15, -0.1) is 0 Å². The Morgan fingerprint density at radius 1 is 1.24 bits per heavy atom. The Morgan fingerprint density at radius 2 is 2.00 bits per heavy atom. The molecule has 0 saturated carbocycles. The van der Waals surface area contributed by atoms with Crippen LogP contribution in [0.5, 0.6) is 5.75 Å². The highest BCUT2D eigenvalue weighted by atomic mass is 16.5. The lowest BCUT2D eigenvalue weighted by atomic mass is 10.1. The third kappa shape index (κ3) is 3.54. The summed E-state index contributed by atoms with van der Waals surface area (Å²) in [6.07, 6.45) is 0. The lowest BCUT2D eigenvalue weighted by Crippen LogP contribution is -2.17. The third-order valence-electron chi connectivity index (χ3n) is 3.38. The van der Waals surface area contributed by atoms with Gasteiger partial charge in [-0.3, -0.25) is 0 Å². The number of hydrogen-bond acceptors (Lipinski definition) is 3. The maximum atomic E-state index is 11.1. The lowest BCUT2D eigenvalue weighted by molar-refractivity contribution is 0.0696. The van der Waals surface area contributed by atoms with Gasteiger partial charge in [0.1, 0.15) is 5.75 Å². The van der Waals surface area contributed by atoms with Crippen molar-refractivity contribution in [3.05, 3.63) is 59.2 Å². The van der Waals surface area contributed by atoms with Crippen LogP contribution in [0.2, 0.25) is 0 Å². The Bertz CT molecular complexity index is 652. The number of benzene rings is 2. The highest BCUT2D eigenvalue weighted by Crippen LogP contribution is 2.24. The van der Waals surface area contributed by atoms with Crippen molar-refractivity contribution < 1.29 is 14.6 Å². The second kappa shape index (κ2) is 6.31. The summed E-state index contributed by atoms with van der Waals surface area (Å²) >= 11 is 0. The van der Waals surface area contributed by atoms with Gasteiger partial charge in [-0.05, 0) is 42.8 Å². The summed E-state index contributed by atoms with van der Waals surface area (Å²) < 4.78 is 5.32. The fraction of sp³-hybridized carbons (Fsp3) is 0.235. The predicted octanol–water partition coefficient (Wildman–Crippen LogP) is 3.34. The quantitative estimate of drug-likeness (QED) is 0.915. The molecule has 0 aliphatic carbocycles. The molecule has 0 amide bonds. The summed E-state index contributed by atoms with van der Waals surface area (Å²) in [7, 11) is 3.56. The number of nitrogens with zero attached hydrogens (tertiary/aromatic N) is 1. The van der Waals surface area contributed by atoms with Gasteiger partial charge in [-0.25, -0.2) is 4.79 Å². The van der Waals surface area contributed by atoms with E-state index in [0.29, 0.717) is 12.3 Å². The van der Waals surface area contributed by atoms with Gasteiger partial charge in [0.15, 0.2) is 0 Å². The Balaban J connectivity index is 2.29. The van der Waals surface area contributed by atoms with Gasteiger partial charge in [-0.2, -0.15) is 0 Å². The first-order valence-electron chi connectivity index (χ1n) is 6.69. The van der Waals surface area contributed by atoms with E-state index in [0.717, 1.165) is 11.3 Å². The van der Waals surface area contributed by atoms with Crippen LogP contribution in [-0.2, 0) is 6.54 Å². The normalized spacial score (nSPS) is 10.2. The number of anilines is 1. The number of hydrogen-bond donors (Lipinski definition) is 1. The van der Waals surface area contributed by atoms with E-state index >= 15 is 0 Å². The van der Waals surface area contributed by atoms with E-state index in [1.807, 2.05) is 32.2 Å². The molecule has 0 aromatic heterocycles. The van der Waals surface area contributed by atoms with Gasteiger partial charge < -0.3 is 14.7 Å². The molecule has 21 heavy (non-hydrogen) atoms. The van der Waals surface area contributed by atoms with Crippen molar-refractivity contribution in [1.29, 1.82) is 0 Å². The van der Waals surface area contributed by atoms with Gasteiger partial charge >= 0.3 is 5.97 Å². The maximum Gasteiger partial charge on any atom is 0.335 e. The molecule has 0 unspecified atom stereocenters. The van der Waals surface area contributed by atoms with Gasteiger partial charge in [0.05, 0.1) is 12.7 Å². The summed E-state index contributed by atoms with van der Waals surface area (Å²) in [6.45, 7) is 2.62. The van der Waals surface area contributed by atoms with Crippen LogP contribution in [0.4, 0.5) is 5.69 Å². The summed E-state index contributed by atoms with van der Waals surface area (Å²) in [5.74, 6) is -0.239. The zero-order valence-electron chi connectivity index (χ0n) is 12.5. The van der Waals surface area contributed by atoms with Crippen LogP contribution in [0.3, 0.4) is 0 Å². The molecule has 0 fully saturated rings. The van der Waals surface area contributed by atoms with E-state index < -0.39 is 5.97 Å². The van der Waals surface area contributed by atoms with Crippen molar-refractivity contribution in [3.63, 3.8) is 0 Å². The zero-order chi connectivity index (χ0) is 15.4. The average molecular weight is 285 g/mol. The molecule has 0 aliphatic heterocycles. The number of methoxy groups -OCH3 is 1. The molecule has 0 bridgehead atoms. The fourth-order valence-electron chi connectivity index (χ4n) is 2.25. The molecule has 0 heterocycles. The van der Waals surface area contributed by atoms with Crippen LogP contribution in [0.1, 0.15) is 21.5 Å². The molecule has 2 aromatic carbocycles. The van der Waals surface area contributed by atoms with Gasteiger partial charge in [0.2, 0.25) is 0 Å². The standard InChI is InChI=1S/C17H19NO3/c1-12-5-4-6-15(9-12)18(2)11-14-10-13(17(19)20)7-8-16(14)21-3/h4-10H,11H2,1-3H3,(H,19,20). The number of rotatable bonds is 5. The minimum Gasteiger partial charge on any atom is -0.496 e. The van der Waals surface area contributed by atoms with E-state index in [9.17, 15) is 4.79 Å². The Kier molecular flexibility index (Phi) is 4.48. The molecule has 0 spiro atoms. The van der Waals surface area contributed by atoms with Crippen molar-refractivity contribution in [1.82, 2.24) is 0 Å². The van der Waals surface area contributed by atoms with Crippen LogP contribution in [0.15, 0.2) is 42.5 Å². The number of aryl methyl sites for hydroxylation is 1. The zero-order valence-corrected chi connectivity index (χ0v) is 12.5. The first kappa shape index (κ1) is 14.9. The molecular formula is C17H19NO3. The highest BCUT2D eigenvalue weighted by Gasteiger charge is 2.11. The minimum absolute atomic E-state index is 0.267. The third-order valence-corrected chi connectivity index (χ3v) is 3.38. The van der Waals surface area contributed by atoms with Crippen molar-refractivity contribution >= 4 is 11.7 Å². The Morgan fingerprint density at radius 3 is 2.62 bits per heavy atom. The summed E-state index contributed by atoms with van der Waals surface area (Å²) in [5.41, 5.74) is 3.38. The molecule has 0 atom stereocenters. The van der Waals surface area contributed by atoms with Crippen molar-refractivity contribution in [2.45, 2.75) is 13.5 Å². The van der Waals surface area contributed by atoms with Crippen molar-refractivity contribution in [3.8, 4) is 5.75 Å². The SMILES string of the molecule is COc1ccc(C(=O)O)cc1CN(C)c1cccc(C)c1. The summed E-state index contributed by atoms with van der Waals surface area (Å²) in [4.78, 5) is 13.2. The first-order valence-corrected chi connectivity index (χ1v) is 6.69.